The zero-order valence-corrected chi connectivity index (χ0v) is 20.8. The number of amidine groups is 1. The van der Waals surface area contributed by atoms with Gasteiger partial charge < -0.3 is 15.8 Å². The minimum atomic E-state index is -0.746. The van der Waals surface area contributed by atoms with Gasteiger partial charge in [-0.25, -0.2) is 4.98 Å². The predicted octanol–water partition coefficient (Wildman–Crippen LogP) is 5.49. The predicted molar refractivity (Wildman–Crippen MR) is 150 cm³/mol. The van der Waals surface area contributed by atoms with Gasteiger partial charge in [0.15, 0.2) is 5.84 Å². The molecule has 38 heavy (non-hydrogen) atoms. The molecule has 0 fully saturated rings. The molecular formula is C31H26N6O. The Morgan fingerprint density at radius 2 is 1.53 bits per heavy atom. The molecule has 7 nitrogen and oxygen atoms in total. The van der Waals surface area contributed by atoms with Crippen LogP contribution in [-0.2, 0) is 5.54 Å². The summed E-state index contributed by atoms with van der Waals surface area (Å²) in [5.41, 5.74) is 14.6. The van der Waals surface area contributed by atoms with Crippen molar-refractivity contribution < 1.29 is 4.74 Å². The second-order valence-electron chi connectivity index (χ2n) is 8.96. The van der Waals surface area contributed by atoms with Gasteiger partial charge in [0.2, 0.25) is 0 Å². The third-order valence-electron chi connectivity index (χ3n) is 6.70. The second kappa shape index (κ2) is 9.71. The average molecular weight is 499 g/mol. The quantitative estimate of drug-likeness (QED) is 0.286. The van der Waals surface area contributed by atoms with Gasteiger partial charge in [0.05, 0.1) is 5.69 Å². The Morgan fingerprint density at radius 1 is 0.763 bits per heavy atom. The minimum absolute atomic E-state index is 0.460. The van der Waals surface area contributed by atoms with Crippen LogP contribution < -0.4 is 21.2 Å². The molecule has 3 aromatic carbocycles. The summed E-state index contributed by atoms with van der Waals surface area (Å²) in [6, 6.07) is 34.1. The van der Waals surface area contributed by atoms with Crippen molar-refractivity contribution in [1.29, 1.82) is 0 Å². The molecule has 2 aromatic heterocycles. The van der Waals surface area contributed by atoms with Crippen molar-refractivity contribution in [2.24, 2.45) is 10.8 Å². The number of nitrogens with one attached hydrogen (secondary N) is 2. The zero-order valence-electron chi connectivity index (χ0n) is 20.8. The Labute approximate surface area is 221 Å². The first-order valence-corrected chi connectivity index (χ1v) is 12.3. The van der Waals surface area contributed by atoms with E-state index in [0.29, 0.717) is 17.3 Å². The van der Waals surface area contributed by atoms with Gasteiger partial charge in [0, 0.05) is 36.6 Å². The number of hydrazone groups is 1. The van der Waals surface area contributed by atoms with E-state index < -0.39 is 5.54 Å². The molecule has 6 rings (SSSR count). The molecule has 0 aliphatic carbocycles. The monoisotopic (exact) mass is 498 g/mol. The van der Waals surface area contributed by atoms with Crippen LogP contribution in [0.3, 0.4) is 0 Å². The molecule has 4 N–H and O–H groups in total. The van der Waals surface area contributed by atoms with Gasteiger partial charge in [0.25, 0.3) is 0 Å². The third kappa shape index (κ3) is 4.10. The first-order valence-electron chi connectivity index (χ1n) is 12.3. The Hall–Kier alpha value is -5.17. The Balaban J connectivity index is 1.41. The van der Waals surface area contributed by atoms with Crippen molar-refractivity contribution in [3.05, 3.63) is 138 Å². The van der Waals surface area contributed by atoms with Crippen LogP contribution in [0, 0.1) is 0 Å². The smallest absolute Gasteiger partial charge is 0.150 e. The average Bonchev–Trinajstić information content (AvgIpc) is 2.98. The molecule has 7 heteroatoms. The lowest BCUT2D eigenvalue weighted by Crippen LogP contribution is -2.47. The van der Waals surface area contributed by atoms with Crippen molar-refractivity contribution in [3.63, 3.8) is 0 Å². The highest BCUT2D eigenvalue weighted by atomic mass is 16.5. The van der Waals surface area contributed by atoms with E-state index in [4.69, 9.17) is 10.5 Å². The number of fused-ring (bicyclic) bond motifs is 1. The number of rotatable bonds is 6. The summed E-state index contributed by atoms with van der Waals surface area (Å²) < 4.78 is 6.36. The van der Waals surface area contributed by atoms with Gasteiger partial charge in [-0.1, -0.05) is 66.7 Å². The maximum Gasteiger partial charge on any atom is 0.150 e. The number of anilines is 1. The van der Waals surface area contributed by atoms with Crippen LogP contribution in [0.15, 0.2) is 121 Å². The van der Waals surface area contributed by atoms with E-state index in [2.05, 4.69) is 50.1 Å². The number of nitrogens with two attached hydrogens (primary N) is 1. The van der Waals surface area contributed by atoms with E-state index in [1.54, 1.807) is 12.4 Å². The van der Waals surface area contributed by atoms with Gasteiger partial charge in [-0.05, 0) is 47.0 Å². The molecule has 0 saturated heterocycles. The Morgan fingerprint density at radius 3 is 2.39 bits per heavy atom. The standard InChI is InChI=1S/C31H26N6O/c1-33-29-18-21(14-16-35-29)28-20-25(15-17-34-28)38-24-11-7-10-23(19-24)31(22-8-3-2-4-9-22)27-13-6-5-12-26(27)30(32)36-37-31/h2-20,37H,1H3,(H2,32,36)(H,33,35). The number of nitrogens with zero attached hydrogens (tertiary/aromatic N) is 3. The Bertz CT molecular complexity index is 1630. The summed E-state index contributed by atoms with van der Waals surface area (Å²) in [7, 11) is 1.84. The fraction of sp³-hybridized carbons (Fsp3) is 0.0645. The molecule has 3 heterocycles. The van der Waals surface area contributed by atoms with Crippen LogP contribution in [-0.4, -0.2) is 22.9 Å². The molecule has 1 aliphatic heterocycles. The summed E-state index contributed by atoms with van der Waals surface area (Å²) in [4.78, 5) is 8.82. The highest BCUT2D eigenvalue weighted by Gasteiger charge is 2.41. The summed E-state index contributed by atoms with van der Waals surface area (Å²) in [5, 5.41) is 7.60. The van der Waals surface area contributed by atoms with E-state index >= 15 is 0 Å². The van der Waals surface area contributed by atoms with Gasteiger partial charge in [-0.3, -0.25) is 10.4 Å². The molecule has 1 atom stereocenters. The second-order valence-corrected chi connectivity index (χ2v) is 8.96. The number of pyridine rings is 2. The minimum Gasteiger partial charge on any atom is -0.457 e. The van der Waals surface area contributed by atoms with Crippen LogP contribution >= 0.6 is 0 Å². The number of ether oxygens (including phenoxy) is 1. The van der Waals surface area contributed by atoms with E-state index in [1.807, 2.05) is 85.9 Å². The van der Waals surface area contributed by atoms with Crippen molar-refractivity contribution in [2.45, 2.75) is 5.54 Å². The fourth-order valence-electron chi connectivity index (χ4n) is 4.88. The molecule has 1 unspecified atom stereocenters. The molecule has 186 valence electrons. The lowest BCUT2D eigenvalue weighted by molar-refractivity contribution is 0.464. The lowest BCUT2D eigenvalue weighted by atomic mass is 9.75. The van der Waals surface area contributed by atoms with Crippen LogP contribution in [0.25, 0.3) is 11.3 Å². The third-order valence-corrected chi connectivity index (χ3v) is 6.70. The maximum atomic E-state index is 6.36. The van der Waals surface area contributed by atoms with Gasteiger partial charge in [-0.15, -0.1) is 0 Å². The highest BCUT2D eigenvalue weighted by molar-refractivity contribution is 6.00. The van der Waals surface area contributed by atoms with E-state index in [0.717, 1.165) is 39.3 Å². The largest absolute Gasteiger partial charge is 0.457 e. The van der Waals surface area contributed by atoms with E-state index in [9.17, 15) is 0 Å². The number of hydrogen-bond acceptors (Lipinski definition) is 7. The van der Waals surface area contributed by atoms with Gasteiger partial charge in [-0.2, -0.15) is 5.10 Å². The van der Waals surface area contributed by atoms with Crippen molar-refractivity contribution in [2.75, 3.05) is 12.4 Å². The van der Waals surface area contributed by atoms with Crippen LogP contribution in [0.2, 0.25) is 0 Å². The molecule has 0 bridgehead atoms. The molecule has 0 amide bonds. The normalized spacial score (nSPS) is 16.1. The first-order chi connectivity index (χ1) is 18.7. The Kier molecular flexibility index (Phi) is 5.94. The van der Waals surface area contributed by atoms with E-state index in [-0.39, 0.29) is 0 Å². The molecule has 1 aliphatic rings. The topological polar surface area (TPSA) is 97.5 Å². The molecule has 0 spiro atoms. The molecule has 0 saturated carbocycles. The summed E-state index contributed by atoms with van der Waals surface area (Å²) >= 11 is 0. The van der Waals surface area contributed by atoms with Crippen LogP contribution in [0.4, 0.5) is 5.82 Å². The lowest BCUT2D eigenvalue weighted by Gasteiger charge is -2.39. The zero-order chi connectivity index (χ0) is 26.0. The van der Waals surface area contributed by atoms with Crippen molar-refractivity contribution in [1.82, 2.24) is 15.4 Å². The van der Waals surface area contributed by atoms with E-state index in [1.165, 1.54) is 0 Å². The SMILES string of the molecule is CNc1cc(-c2cc(Oc3cccc(C4(c5ccccc5)NN=C(N)c5ccccc54)c3)ccn2)ccn1. The fourth-order valence-corrected chi connectivity index (χ4v) is 4.88. The van der Waals surface area contributed by atoms with Crippen LogP contribution in [0.5, 0.6) is 11.5 Å². The van der Waals surface area contributed by atoms with Crippen molar-refractivity contribution in [3.8, 4) is 22.8 Å². The maximum absolute atomic E-state index is 6.36. The first kappa shape index (κ1) is 23.2. The number of benzene rings is 3. The molecule has 5 aromatic rings. The summed E-state index contributed by atoms with van der Waals surface area (Å²) in [6.45, 7) is 0. The summed E-state index contributed by atoms with van der Waals surface area (Å²) in [6.07, 6.45) is 3.50. The summed E-state index contributed by atoms with van der Waals surface area (Å²) in [5.74, 6) is 2.62. The molecular weight excluding hydrogens is 472 g/mol. The molecule has 0 radical (unpaired) electrons. The van der Waals surface area contributed by atoms with Gasteiger partial charge >= 0.3 is 0 Å². The van der Waals surface area contributed by atoms with Crippen molar-refractivity contribution >= 4 is 11.7 Å². The number of aromatic nitrogens is 2. The number of hydrogen-bond donors (Lipinski definition) is 3. The highest BCUT2D eigenvalue weighted by Crippen LogP contribution is 2.41. The van der Waals surface area contributed by atoms with Gasteiger partial charge in [0.1, 0.15) is 22.9 Å². The van der Waals surface area contributed by atoms with Crippen LogP contribution in [0.1, 0.15) is 22.3 Å².